The van der Waals surface area contributed by atoms with Crippen molar-refractivity contribution in [3.63, 3.8) is 0 Å². The van der Waals surface area contributed by atoms with E-state index in [0.717, 1.165) is 13.5 Å². The van der Waals surface area contributed by atoms with E-state index in [9.17, 15) is 0 Å². The highest BCUT2D eigenvalue weighted by molar-refractivity contribution is 4.62. The van der Waals surface area contributed by atoms with Gasteiger partial charge in [-0.1, -0.05) is 6.92 Å². The maximum atomic E-state index is 7.00. The number of rotatable bonds is 2. The molecule has 0 radical (unpaired) electrons. The molecule has 0 atom stereocenters. The molecule has 0 rings (SSSR count). The predicted octanol–water partition coefficient (Wildman–Crippen LogP) is 1.43. The van der Waals surface area contributed by atoms with Crippen LogP contribution in [-0.2, 0) is 4.74 Å². The molecule has 0 aliphatic heterocycles. The molecule has 2 heteroatoms. The summed E-state index contributed by atoms with van der Waals surface area (Å²) in [5.74, 6) is 0. The van der Waals surface area contributed by atoms with Crippen LogP contribution in [0.25, 0.3) is 0 Å². The first-order chi connectivity index (χ1) is 4.12. The van der Waals surface area contributed by atoms with Crippen LogP contribution in [0.15, 0.2) is 0 Å². The summed E-state index contributed by atoms with van der Waals surface area (Å²) < 4.78 is 5.09. The molecule has 58 valence electrons. The summed E-state index contributed by atoms with van der Waals surface area (Å²) in [6.45, 7) is 6.27. The van der Waals surface area contributed by atoms with E-state index in [1.165, 1.54) is 0 Å². The summed E-state index contributed by atoms with van der Waals surface area (Å²) in [5, 5.41) is 7.00. The fourth-order valence-corrected chi connectivity index (χ4v) is 0.144. The molecule has 0 aromatic heterocycles. The summed E-state index contributed by atoms with van der Waals surface area (Å²) in [5.41, 5.74) is 0.0833. The molecule has 0 aliphatic carbocycles. The zero-order valence-electron chi connectivity index (χ0n) is 7.06. The van der Waals surface area contributed by atoms with Crippen LogP contribution in [-0.4, -0.2) is 24.9 Å². The lowest BCUT2D eigenvalue weighted by Crippen LogP contribution is -2.20. The molecule has 0 saturated carbocycles. The summed E-state index contributed by atoms with van der Waals surface area (Å²) in [6.07, 6.45) is 1.07. The summed E-state index contributed by atoms with van der Waals surface area (Å²) in [6, 6.07) is 0. The second kappa shape index (κ2) is 6.05. The van der Waals surface area contributed by atoms with E-state index >= 15 is 0 Å². The monoisotopic (exact) mass is 134 g/mol. The molecule has 0 fully saturated rings. The van der Waals surface area contributed by atoms with E-state index in [1.807, 2.05) is 0 Å². The van der Waals surface area contributed by atoms with E-state index < -0.39 is 0 Å². The third-order valence-corrected chi connectivity index (χ3v) is 1.40. The van der Waals surface area contributed by atoms with Gasteiger partial charge in [0.2, 0.25) is 0 Å². The fourth-order valence-electron chi connectivity index (χ4n) is 0.144. The molecule has 0 bridgehead atoms. The Morgan fingerprint density at radius 2 is 1.67 bits per heavy atom. The third kappa shape index (κ3) is 7.92. The van der Waals surface area contributed by atoms with E-state index in [0.29, 0.717) is 0 Å². The second-order valence-electron chi connectivity index (χ2n) is 2.32. The van der Waals surface area contributed by atoms with Gasteiger partial charge in [-0.3, -0.25) is 0 Å². The Morgan fingerprint density at radius 3 is 1.67 bits per heavy atom. The lowest BCUT2D eigenvalue weighted by molar-refractivity contribution is 0.0196. The van der Waals surface area contributed by atoms with Gasteiger partial charge in [-0.05, 0) is 20.3 Å². The van der Waals surface area contributed by atoms with Crippen molar-refractivity contribution in [1.29, 1.82) is 0 Å². The van der Waals surface area contributed by atoms with Gasteiger partial charge in [-0.25, -0.2) is 0 Å². The van der Waals surface area contributed by atoms with E-state index in [1.54, 1.807) is 7.11 Å². The first kappa shape index (κ1) is 11.7. The number of hydrogen-bond acceptors (Lipinski definition) is 2. The molecule has 2 nitrogen and oxygen atoms in total. The van der Waals surface area contributed by atoms with Gasteiger partial charge in [0, 0.05) is 14.2 Å². The summed E-state index contributed by atoms with van der Waals surface area (Å²) in [7, 11) is 2.74. The van der Waals surface area contributed by atoms with Crippen molar-refractivity contribution < 1.29 is 9.84 Å². The first-order valence-corrected chi connectivity index (χ1v) is 3.12. The van der Waals surface area contributed by atoms with Crippen molar-refractivity contribution in [1.82, 2.24) is 0 Å². The van der Waals surface area contributed by atoms with Gasteiger partial charge in [-0.2, -0.15) is 0 Å². The van der Waals surface area contributed by atoms with Gasteiger partial charge in [0.05, 0.1) is 5.60 Å². The minimum Gasteiger partial charge on any atom is -0.400 e. The average Bonchev–Trinajstić information content (AvgIpc) is 1.93. The van der Waals surface area contributed by atoms with Crippen molar-refractivity contribution in [3.05, 3.63) is 0 Å². The molecule has 0 saturated heterocycles. The van der Waals surface area contributed by atoms with Crippen LogP contribution in [0.3, 0.4) is 0 Å². The Kier molecular flexibility index (Phi) is 7.85. The van der Waals surface area contributed by atoms with E-state index in [4.69, 9.17) is 9.84 Å². The van der Waals surface area contributed by atoms with Crippen LogP contribution in [0.5, 0.6) is 0 Å². The molecule has 0 aromatic carbocycles. The minimum atomic E-state index is 0.0833. The van der Waals surface area contributed by atoms with Gasteiger partial charge < -0.3 is 9.84 Å². The van der Waals surface area contributed by atoms with Crippen molar-refractivity contribution >= 4 is 0 Å². The molecule has 0 spiro atoms. The lowest BCUT2D eigenvalue weighted by Gasteiger charge is -2.19. The highest BCUT2D eigenvalue weighted by Crippen LogP contribution is 2.10. The van der Waals surface area contributed by atoms with Crippen molar-refractivity contribution in [3.8, 4) is 0 Å². The van der Waals surface area contributed by atoms with Crippen LogP contribution in [0.2, 0.25) is 0 Å². The molecule has 0 aliphatic rings. The Bertz CT molecular complexity index is 44.9. The largest absolute Gasteiger partial charge is 0.400 e. The Labute approximate surface area is 57.8 Å². The van der Waals surface area contributed by atoms with Crippen LogP contribution < -0.4 is 0 Å². The molecule has 0 unspecified atom stereocenters. The van der Waals surface area contributed by atoms with Gasteiger partial charge >= 0.3 is 0 Å². The maximum Gasteiger partial charge on any atom is 0.0620 e. The highest BCUT2D eigenvalue weighted by atomic mass is 16.5. The molecular formula is C7H18O2. The first-order valence-electron chi connectivity index (χ1n) is 3.12. The average molecular weight is 134 g/mol. The number of aliphatic hydroxyl groups excluding tert-OH is 1. The predicted molar refractivity (Wildman–Crippen MR) is 39.5 cm³/mol. The standard InChI is InChI=1S/C6H14O.CH4O/c1-5-6(2,3)7-4;1-2/h5H2,1-4H3;2H,1H3. The van der Waals surface area contributed by atoms with Crippen LogP contribution in [0.1, 0.15) is 27.2 Å². The number of methoxy groups -OCH3 is 1. The molecule has 1 N–H and O–H groups in total. The Hall–Kier alpha value is -0.0800. The molecular weight excluding hydrogens is 116 g/mol. The van der Waals surface area contributed by atoms with Crippen molar-refractivity contribution in [2.75, 3.05) is 14.2 Å². The maximum absolute atomic E-state index is 7.00. The summed E-state index contributed by atoms with van der Waals surface area (Å²) in [4.78, 5) is 0. The SMILES string of the molecule is CCC(C)(C)OC.CO. The zero-order valence-corrected chi connectivity index (χ0v) is 7.06. The van der Waals surface area contributed by atoms with Crippen molar-refractivity contribution in [2.24, 2.45) is 0 Å². The number of ether oxygens (including phenoxy) is 1. The van der Waals surface area contributed by atoms with Gasteiger partial charge in [-0.15, -0.1) is 0 Å². The fraction of sp³-hybridized carbons (Fsp3) is 1.00. The van der Waals surface area contributed by atoms with Gasteiger partial charge in [0.25, 0.3) is 0 Å². The normalized spacial score (nSPS) is 10.0. The second-order valence-corrected chi connectivity index (χ2v) is 2.32. The summed E-state index contributed by atoms with van der Waals surface area (Å²) >= 11 is 0. The number of hydrogen-bond donors (Lipinski definition) is 1. The van der Waals surface area contributed by atoms with Gasteiger partial charge in [0.15, 0.2) is 0 Å². The third-order valence-electron chi connectivity index (χ3n) is 1.40. The quantitative estimate of drug-likeness (QED) is 0.619. The van der Waals surface area contributed by atoms with Gasteiger partial charge in [0.1, 0.15) is 0 Å². The smallest absolute Gasteiger partial charge is 0.0620 e. The minimum absolute atomic E-state index is 0.0833. The molecule has 0 heterocycles. The highest BCUT2D eigenvalue weighted by Gasteiger charge is 2.10. The van der Waals surface area contributed by atoms with Crippen LogP contribution in [0, 0.1) is 0 Å². The molecule has 0 aromatic rings. The van der Waals surface area contributed by atoms with Crippen LogP contribution in [0.4, 0.5) is 0 Å². The lowest BCUT2D eigenvalue weighted by atomic mass is 10.1. The van der Waals surface area contributed by atoms with Crippen molar-refractivity contribution in [2.45, 2.75) is 32.8 Å². The Balaban J connectivity index is 0. The van der Waals surface area contributed by atoms with E-state index in [2.05, 4.69) is 20.8 Å². The van der Waals surface area contributed by atoms with E-state index in [-0.39, 0.29) is 5.60 Å². The zero-order chi connectivity index (χ0) is 7.91. The number of aliphatic hydroxyl groups is 1. The molecule has 9 heavy (non-hydrogen) atoms. The molecule has 0 amide bonds. The van der Waals surface area contributed by atoms with Crippen LogP contribution >= 0.6 is 0 Å². The Morgan fingerprint density at radius 1 is 1.33 bits per heavy atom. The topological polar surface area (TPSA) is 29.5 Å².